The van der Waals surface area contributed by atoms with E-state index in [4.69, 9.17) is 16.3 Å². The van der Waals surface area contributed by atoms with Crippen molar-refractivity contribution in [2.45, 2.75) is 63.6 Å². The van der Waals surface area contributed by atoms with Gasteiger partial charge in [0.05, 0.1) is 0 Å². The zero-order chi connectivity index (χ0) is 21.0. The molecule has 154 valence electrons. The van der Waals surface area contributed by atoms with Crippen LogP contribution in [-0.4, -0.2) is 14.8 Å². The first kappa shape index (κ1) is 21.7. The molecular weight excluding hydrogens is 402 g/mol. The van der Waals surface area contributed by atoms with E-state index in [1.165, 1.54) is 5.56 Å². The van der Waals surface area contributed by atoms with Crippen molar-refractivity contribution in [2.24, 2.45) is 0 Å². The average Bonchev–Trinajstić information content (AvgIpc) is 3.09. The van der Waals surface area contributed by atoms with Gasteiger partial charge in [0.1, 0.15) is 5.75 Å². The molecule has 0 bridgehead atoms. The van der Waals surface area contributed by atoms with Crippen LogP contribution in [0.3, 0.4) is 0 Å². The fourth-order valence-corrected chi connectivity index (χ4v) is 4.23. The van der Waals surface area contributed by atoms with Crippen molar-refractivity contribution >= 4 is 23.4 Å². The van der Waals surface area contributed by atoms with Gasteiger partial charge in [0.25, 0.3) is 0 Å². The number of benzene rings is 2. The minimum atomic E-state index is -0.191. The summed E-state index contributed by atoms with van der Waals surface area (Å²) in [6, 6.07) is 16.2. The Kier molecular flexibility index (Phi) is 6.91. The van der Waals surface area contributed by atoms with Gasteiger partial charge in [0.2, 0.25) is 0 Å². The summed E-state index contributed by atoms with van der Waals surface area (Å²) in [5, 5.41) is 10.4. The van der Waals surface area contributed by atoms with E-state index < -0.39 is 0 Å². The van der Waals surface area contributed by atoms with E-state index in [0.29, 0.717) is 0 Å². The second-order valence-electron chi connectivity index (χ2n) is 8.04. The molecule has 0 radical (unpaired) electrons. The normalized spacial score (nSPS) is 12.8. The molecule has 0 fully saturated rings. The fraction of sp³-hybridized carbons (Fsp3) is 0.391. The number of rotatable bonds is 7. The molecule has 0 saturated heterocycles. The van der Waals surface area contributed by atoms with Gasteiger partial charge >= 0.3 is 0 Å². The van der Waals surface area contributed by atoms with Gasteiger partial charge in [0, 0.05) is 17.3 Å². The number of hydrogen-bond donors (Lipinski definition) is 0. The van der Waals surface area contributed by atoms with E-state index in [9.17, 15) is 0 Å². The largest absolute Gasteiger partial charge is 0.483 e. The number of nitrogens with zero attached hydrogens (tertiary/aromatic N) is 3. The third-order valence-electron chi connectivity index (χ3n) is 4.72. The highest BCUT2D eigenvalue weighted by atomic mass is 35.5. The first-order valence-electron chi connectivity index (χ1n) is 9.85. The van der Waals surface area contributed by atoms with Gasteiger partial charge in [-0.3, -0.25) is 0 Å². The molecule has 1 aromatic heterocycles. The summed E-state index contributed by atoms with van der Waals surface area (Å²) in [5.74, 6) is 2.47. The van der Waals surface area contributed by atoms with Crippen LogP contribution in [0, 0.1) is 0 Å². The maximum absolute atomic E-state index is 6.15. The summed E-state index contributed by atoms with van der Waals surface area (Å²) in [7, 11) is 0. The maximum atomic E-state index is 6.15. The number of halogens is 1. The van der Waals surface area contributed by atoms with Crippen molar-refractivity contribution in [3.8, 4) is 5.75 Å². The van der Waals surface area contributed by atoms with E-state index >= 15 is 0 Å². The monoisotopic (exact) mass is 429 g/mol. The van der Waals surface area contributed by atoms with Crippen LogP contribution in [0.15, 0.2) is 53.7 Å². The summed E-state index contributed by atoms with van der Waals surface area (Å²) in [4.78, 5) is 0. The molecule has 0 amide bonds. The molecule has 3 aromatic rings. The van der Waals surface area contributed by atoms with Crippen LogP contribution in [0.5, 0.6) is 5.75 Å². The Balaban J connectivity index is 1.70. The second kappa shape index (κ2) is 9.23. The van der Waals surface area contributed by atoms with Gasteiger partial charge in [-0.25, -0.2) is 0 Å². The molecule has 0 aliphatic heterocycles. The summed E-state index contributed by atoms with van der Waals surface area (Å²) < 4.78 is 8.27. The lowest BCUT2D eigenvalue weighted by Gasteiger charge is -2.20. The molecule has 6 heteroatoms. The summed E-state index contributed by atoms with van der Waals surface area (Å²) in [5.41, 5.74) is 2.58. The number of hydrogen-bond acceptors (Lipinski definition) is 4. The summed E-state index contributed by atoms with van der Waals surface area (Å²) in [6.45, 7) is 11.5. The van der Waals surface area contributed by atoms with Crippen molar-refractivity contribution in [3.05, 3.63) is 70.5 Å². The molecule has 4 nitrogen and oxygen atoms in total. The maximum Gasteiger partial charge on any atom is 0.191 e. The van der Waals surface area contributed by atoms with E-state index in [1.54, 1.807) is 11.8 Å². The smallest absolute Gasteiger partial charge is 0.191 e. The molecule has 1 heterocycles. The quantitative estimate of drug-likeness (QED) is 0.392. The molecular formula is C23H28ClN3OS. The molecule has 29 heavy (non-hydrogen) atoms. The van der Waals surface area contributed by atoms with E-state index in [0.717, 1.165) is 39.6 Å². The number of ether oxygens (including phenoxy) is 1. The zero-order valence-corrected chi connectivity index (χ0v) is 19.2. The van der Waals surface area contributed by atoms with Gasteiger partial charge in [0.15, 0.2) is 17.1 Å². The SMILES string of the molecule is CCn1c(SCc2cccc(Cl)c2)nnc1C(C)Oc1ccc(C(C)(C)C)cc1. The van der Waals surface area contributed by atoms with Crippen LogP contribution in [0.1, 0.15) is 57.7 Å². The summed E-state index contributed by atoms with van der Waals surface area (Å²) in [6.07, 6.45) is -0.191. The second-order valence-corrected chi connectivity index (χ2v) is 9.42. The van der Waals surface area contributed by atoms with Crippen LogP contribution in [-0.2, 0) is 17.7 Å². The van der Waals surface area contributed by atoms with Gasteiger partial charge in [-0.15, -0.1) is 10.2 Å². The molecule has 0 aliphatic carbocycles. The van der Waals surface area contributed by atoms with Crippen LogP contribution in [0.4, 0.5) is 0 Å². The van der Waals surface area contributed by atoms with Gasteiger partial charge in [-0.2, -0.15) is 0 Å². The first-order chi connectivity index (χ1) is 13.8. The third kappa shape index (κ3) is 5.55. The Bertz CT molecular complexity index is 948. The van der Waals surface area contributed by atoms with E-state index in [-0.39, 0.29) is 11.5 Å². The van der Waals surface area contributed by atoms with Crippen LogP contribution in [0.2, 0.25) is 5.02 Å². The first-order valence-corrected chi connectivity index (χ1v) is 11.2. The van der Waals surface area contributed by atoms with Crippen molar-refractivity contribution in [1.29, 1.82) is 0 Å². The zero-order valence-electron chi connectivity index (χ0n) is 17.6. The van der Waals surface area contributed by atoms with Crippen molar-refractivity contribution in [1.82, 2.24) is 14.8 Å². The lowest BCUT2D eigenvalue weighted by Crippen LogP contribution is -2.13. The minimum Gasteiger partial charge on any atom is -0.483 e. The Labute approximate surface area is 182 Å². The standard InChI is InChI=1S/C23H28ClN3OS/c1-6-27-21(16(2)28-20-12-10-18(11-13-20)23(3,4)5)25-26-22(27)29-15-17-8-7-9-19(24)14-17/h7-14,16H,6,15H2,1-5H3. The average molecular weight is 430 g/mol. The predicted molar refractivity (Wildman–Crippen MR) is 121 cm³/mol. The van der Waals surface area contributed by atoms with Crippen LogP contribution < -0.4 is 4.74 Å². The molecule has 1 unspecified atom stereocenters. The molecule has 0 aliphatic rings. The summed E-state index contributed by atoms with van der Waals surface area (Å²) >= 11 is 7.74. The molecule has 1 atom stereocenters. The minimum absolute atomic E-state index is 0.127. The third-order valence-corrected chi connectivity index (χ3v) is 5.99. The Morgan fingerprint density at radius 1 is 1.10 bits per heavy atom. The topological polar surface area (TPSA) is 39.9 Å². The lowest BCUT2D eigenvalue weighted by molar-refractivity contribution is 0.210. The van der Waals surface area contributed by atoms with E-state index in [1.807, 2.05) is 37.3 Å². The molecule has 0 saturated carbocycles. The number of thioether (sulfide) groups is 1. The van der Waals surface area contributed by atoms with Crippen molar-refractivity contribution in [2.75, 3.05) is 0 Å². The van der Waals surface area contributed by atoms with Gasteiger partial charge < -0.3 is 9.30 Å². The van der Waals surface area contributed by atoms with E-state index in [2.05, 4.69) is 60.7 Å². The molecule has 0 spiro atoms. The Morgan fingerprint density at radius 3 is 2.45 bits per heavy atom. The van der Waals surface area contributed by atoms with Crippen molar-refractivity contribution in [3.63, 3.8) is 0 Å². The molecule has 2 aromatic carbocycles. The highest BCUT2D eigenvalue weighted by Crippen LogP contribution is 2.29. The Hall–Kier alpha value is -1.98. The highest BCUT2D eigenvalue weighted by Gasteiger charge is 2.19. The van der Waals surface area contributed by atoms with Gasteiger partial charge in [-0.05, 0) is 54.7 Å². The Morgan fingerprint density at radius 2 is 1.83 bits per heavy atom. The van der Waals surface area contributed by atoms with Gasteiger partial charge in [-0.1, -0.05) is 68.4 Å². The van der Waals surface area contributed by atoms with Crippen LogP contribution >= 0.6 is 23.4 Å². The van der Waals surface area contributed by atoms with Crippen molar-refractivity contribution < 1.29 is 4.74 Å². The lowest BCUT2D eigenvalue weighted by atomic mass is 9.87. The number of aromatic nitrogens is 3. The molecule has 0 N–H and O–H groups in total. The predicted octanol–water partition coefficient (Wildman–Crippen LogP) is 6.68. The van der Waals surface area contributed by atoms with Crippen LogP contribution in [0.25, 0.3) is 0 Å². The molecule has 3 rings (SSSR count). The fourth-order valence-electron chi connectivity index (χ4n) is 3.07. The highest BCUT2D eigenvalue weighted by molar-refractivity contribution is 7.98.